The van der Waals surface area contributed by atoms with Crippen LogP contribution < -0.4 is 5.32 Å². The van der Waals surface area contributed by atoms with Gasteiger partial charge in [-0.15, -0.1) is 11.7 Å². The monoisotopic (exact) mass is 183 g/mol. The summed E-state index contributed by atoms with van der Waals surface area (Å²) in [5.41, 5.74) is 0.668. The van der Waals surface area contributed by atoms with Gasteiger partial charge in [0.1, 0.15) is 4.88 Å². The van der Waals surface area contributed by atoms with Crippen LogP contribution in [0.4, 0.5) is 0 Å². The van der Waals surface area contributed by atoms with Crippen molar-refractivity contribution >= 4 is 17.4 Å². The average molecular weight is 183 g/mol. The molecule has 1 aromatic heterocycles. The second kappa shape index (κ2) is 3.96. The lowest BCUT2D eigenvalue weighted by Gasteiger charge is -1.97. The molecule has 1 N–H and O–H groups in total. The van der Waals surface area contributed by atoms with Crippen LogP contribution in [0.5, 0.6) is 0 Å². The fourth-order valence-electron chi connectivity index (χ4n) is 0.685. The fraction of sp³-hybridized carbons (Fsp3) is 0.286. The van der Waals surface area contributed by atoms with Crippen LogP contribution >= 0.6 is 11.5 Å². The third-order valence-electron chi connectivity index (χ3n) is 1.26. The minimum Gasteiger partial charge on any atom is -0.348 e. The molecule has 0 bridgehead atoms. The average Bonchev–Trinajstić information content (AvgIpc) is 2.47. The quantitative estimate of drug-likeness (QED) is 0.704. The zero-order valence-corrected chi connectivity index (χ0v) is 7.52. The first-order valence-corrected chi connectivity index (χ1v) is 4.21. The summed E-state index contributed by atoms with van der Waals surface area (Å²) in [6.07, 6.45) is 1.63. The Hall–Kier alpha value is -1.23. The van der Waals surface area contributed by atoms with Crippen LogP contribution in [0.1, 0.15) is 15.4 Å². The second-order valence-corrected chi connectivity index (χ2v) is 2.94. The highest BCUT2D eigenvalue weighted by Crippen LogP contribution is 2.07. The molecule has 0 aliphatic heterocycles. The zero-order valence-electron chi connectivity index (χ0n) is 6.70. The molecule has 0 unspecified atom stereocenters. The predicted molar refractivity (Wildman–Crippen MR) is 47.2 cm³/mol. The van der Waals surface area contributed by atoms with Crippen molar-refractivity contribution in [3.05, 3.63) is 23.2 Å². The molecule has 0 atom stereocenters. The first kappa shape index (κ1) is 8.86. The van der Waals surface area contributed by atoms with Crippen molar-refractivity contribution in [1.29, 1.82) is 0 Å². The molecule has 12 heavy (non-hydrogen) atoms. The van der Waals surface area contributed by atoms with Gasteiger partial charge >= 0.3 is 0 Å². The Kier molecular flexibility index (Phi) is 2.93. The van der Waals surface area contributed by atoms with Gasteiger partial charge in [-0.3, -0.25) is 4.79 Å². The summed E-state index contributed by atoms with van der Waals surface area (Å²) in [7, 11) is 0. The molecule has 1 heterocycles. The number of nitrogens with zero attached hydrogens (tertiary/aromatic N) is 2. The second-order valence-electron chi connectivity index (χ2n) is 2.19. The molecule has 1 amide bonds. The van der Waals surface area contributed by atoms with Gasteiger partial charge in [0.15, 0.2) is 0 Å². The van der Waals surface area contributed by atoms with Crippen molar-refractivity contribution in [1.82, 2.24) is 14.9 Å². The molecule has 4 nitrogen and oxygen atoms in total. The third-order valence-corrected chi connectivity index (χ3v) is 2.09. The van der Waals surface area contributed by atoms with Gasteiger partial charge in [0.2, 0.25) is 0 Å². The Bertz CT molecular complexity index is 295. The van der Waals surface area contributed by atoms with E-state index in [1.165, 1.54) is 0 Å². The van der Waals surface area contributed by atoms with Crippen LogP contribution in [0.3, 0.4) is 0 Å². The minimum absolute atomic E-state index is 0.137. The van der Waals surface area contributed by atoms with E-state index in [4.69, 9.17) is 0 Å². The summed E-state index contributed by atoms with van der Waals surface area (Å²) in [6.45, 7) is 5.72. The largest absolute Gasteiger partial charge is 0.348 e. The zero-order chi connectivity index (χ0) is 8.97. The van der Waals surface area contributed by atoms with Crippen molar-refractivity contribution in [2.45, 2.75) is 6.92 Å². The SMILES string of the molecule is C=CCNC(=O)c1snnc1C. The molecule has 0 saturated heterocycles. The number of carbonyl (C=O) groups excluding carboxylic acids is 1. The van der Waals surface area contributed by atoms with Gasteiger partial charge in [-0.1, -0.05) is 10.6 Å². The molecule has 0 aliphatic rings. The lowest BCUT2D eigenvalue weighted by Crippen LogP contribution is -2.22. The molecular weight excluding hydrogens is 174 g/mol. The normalized spacial score (nSPS) is 9.42. The summed E-state index contributed by atoms with van der Waals surface area (Å²) in [5.74, 6) is -0.137. The Morgan fingerprint density at radius 2 is 2.58 bits per heavy atom. The number of rotatable bonds is 3. The highest BCUT2D eigenvalue weighted by molar-refractivity contribution is 7.07. The van der Waals surface area contributed by atoms with Crippen molar-refractivity contribution in [3.63, 3.8) is 0 Å². The first-order chi connectivity index (χ1) is 5.75. The van der Waals surface area contributed by atoms with E-state index in [1.807, 2.05) is 0 Å². The molecule has 1 rings (SSSR count). The highest BCUT2D eigenvalue weighted by Gasteiger charge is 2.10. The predicted octanol–water partition coefficient (Wildman–Crippen LogP) is 0.762. The maximum Gasteiger partial charge on any atom is 0.265 e. The summed E-state index contributed by atoms with van der Waals surface area (Å²) in [5, 5.41) is 6.38. The van der Waals surface area contributed by atoms with E-state index < -0.39 is 0 Å². The van der Waals surface area contributed by atoms with Gasteiger partial charge in [0.05, 0.1) is 5.69 Å². The van der Waals surface area contributed by atoms with Crippen molar-refractivity contribution in [3.8, 4) is 0 Å². The number of aromatic nitrogens is 2. The maximum absolute atomic E-state index is 11.3. The summed E-state index contributed by atoms with van der Waals surface area (Å²) >= 11 is 1.10. The van der Waals surface area contributed by atoms with E-state index in [0.717, 1.165) is 11.5 Å². The standard InChI is InChI=1S/C7H9N3OS/c1-3-4-8-7(11)6-5(2)9-10-12-6/h3H,1,4H2,2H3,(H,8,11). The Labute approximate surface area is 74.5 Å². The van der Waals surface area contributed by atoms with E-state index in [0.29, 0.717) is 17.1 Å². The van der Waals surface area contributed by atoms with Gasteiger partial charge in [0.25, 0.3) is 5.91 Å². The molecule has 1 aromatic rings. The lowest BCUT2D eigenvalue weighted by atomic mass is 10.4. The maximum atomic E-state index is 11.3. The number of nitrogens with one attached hydrogen (secondary N) is 1. The minimum atomic E-state index is -0.137. The number of amides is 1. The topological polar surface area (TPSA) is 54.9 Å². The lowest BCUT2D eigenvalue weighted by molar-refractivity contribution is 0.0961. The first-order valence-electron chi connectivity index (χ1n) is 3.43. The number of aryl methyl sites for hydroxylation is 1. The van der Waals surface area contributed by atoms with Crippen molar-refractivity contribution in [2.75, 3.05) is 6.54 Å². The van der Waals surface area contributed by atoms with Crippen LogP contribution in [-0.2, 0) is 0 Å². The molecule has 0 aromatic carbocycles. The van der Waals surface area contributed by atoms with Gasteiger partial charge in [-0.25, -0.2) is 0 Å². The van der Waals surface area contributed by atoms with E-state index in [1.54, 1.807) is 13.0 Å². The Morgan fingerprint density at radius 1 is 1.83 bits per heavy atom. The summed E-state index contributed by atoms with van der Waals surface area (Å²) in [4.78, 5) is 11.8. The molecule has 5 heteroatoms. The van der Waals surface area contributed by atoms with E-state index in [-0.39, 0.29) is 5.91 Å². The third kappa shape index (κ3) is 1.88. The summed E-state index contributed by atoms with van der Waals surface area (Å²) < 4.78 is 3.66. The van der Waals surface area contributed by atoms with Crippen LogP contribution in [0, 0.1) is 6.92 Å². The van der Waals surface area contributed by atoms with Crippen LogP contribution in [-0.4, -0.2) is 22.0 Å². The highest BCUT2D eigenvalue weighted by atomic mass is 32.1. The van der Waals surface area contributed by atoms with E-state index in [9.17, 15) is 4.79 Å². The Balaban J connectivity index is 2.65. The number of hydrogen-bond donors (Lipinski definition) is 1. The molecule has 0 spiro atoms. The Morgan fingerprint density at radius 3 is 3.08 bits per heavy atom. The van der Waals surface area contributed by atoms with Gasteiger partial charge < -0.3 is 5.32 Å². The molecule has 0 saturated carbocycles. The fourth-order valence-corrected chi connectivity index (χ4v) is 1.26. The van der Waals surface area contributed by atoms with E-state index >= 15 is 0 Å². The van der Waals surface area contributed by atoms with Gasteiger partial charge in [0, 0.05) is 6.54 Å². The molecule has 0 radical (unpaired) electrons. The number of hydrogen-bond acceptors (Lipinski definition) is 4. The molecule has 64 valence electrons. The number of carbonyl (C=O) groups is 1. The molecule has 0 fully saturated rings. The molecule has 0 aliphatic carbocycles. The van der Waals surface area contributed by atoms with Crippen LogP contribution in [0.25, 0.3) is 0 Å². The van der Waals surface area contributed by atoms with Crippen LogP contribution in [0.15, 0.2) is 12.7 Å². The van der Waals surface area contributed by atoms with Gasteiger partial charge in [-0.2, -0.15) is 0 Å². The smallest absolute Gasteiger partial charge is 0.265 e. The van der Waals surface area contributed by atoms with Crippen molar-refractivity contribution in [2.24, 2.45) is 0 Å². The van der Waals surface area contributed by atoms with E-state index in [2.05, 4.69) is 21.5 Å². The molecular formula is C7H9N3OS. The summed E-state index contributed by atoms with van der Waals surface area (Å²) in [6, 6.07) is 0. The van der Waals surface area contributed by atoms with Gasteiger partial charge in [-0.05, 0) is 18.5 Å². The van der Waals surface area contributed by atoms with Crippen molar-refractivity contribution < 1.29 is 4.79 Å². The van der Waals surface area contributed by atoms with Crippen LogP contribution in [0.2, 0.25) is 0 Å².